The summed E-state index contributed by atoms with van der Waals surface area (Å²) in [6.45, 7) is 0.537. The first-order chi connectivity index (χ1) is 13.3. The minimum atomic E-state index is -0.343. The molecule has 0 bridgehead atoms. The summed E-state index contributed by atoms with van der Waals surface area (Å²) in [6.07, 6.45) is 6.64. The summed E-state index contributed by atoms with van der Waals surface area (Å²) < 4.78 is 5.11. The van der Waals surface area contributed by atoms with E-state index in [0.717, 1.165) is 16.9 Å². The van der Waals surface area contributed by atoms with Crippen molar-refractivity contribution in [2.45, 2.75) is 6.54 Å². The number of carbonyl (C=O) groups is 1. The Labute approximate surface area is 157 Å². The van der Waals surface area contributed by atoms with Crippen molar-refractivity contribution in [2.24, 2.45) is 5.10 Å². The van der Waals surface area contributed by atoms with Crippen LogP contribution in [0.15, 0.2) is 72.2 Å². The average Bonchev–Trinajstić information content (AvgIpc) is 2.73. The Morgan fingerprint density at radius 2 is 1.89 bits per heavy atom. The van der Waals surface area contributed by atoms with Crippen molar-refractivity contribution in [3.63, 3.8) is 0 Å². The summed E-state index contributed by atoms with van der Waals surface area (Å²) in [6, 6.07) is 14.5. The maximum absolute atomic E-state index is 12.4. The van der Waals surface area contributed by atoms with Crippen LogP contribution in [0.2, 0.25) is 0 Å². The lowest BCUT2D eigenvalue weighted by Gasteiger charge is -2.09. The number of anilines is 1. The number of methoxy groups -OCH3 is 1. The van der Waals surface area contributed by atoms with Crippen molar-refractivity contribution in [2.75, 3.05) is 12.4 Å². The Morgan fingerprint density at radius 3 is 2.63 bits per heavy atom. The summed E-state index contributed by atoms with van der Waals surface area (Å²) in [7, 11) is 1.61. The lowest BCUT2D eigenvalue weighted by molar-refractivity contribution is 0.0955. The van der Waals surface area contributed by atoms with E-state index >= 15 is 0 Å². The molecule has 0 atom stereocenters. The zero-order valence-electron chi connectivity index (χ0n) is 14.8. The molecular formula is C20H19N5O2. The van der Waals surface area contributed by atoms with Gasteiger partial charge in [0, 0.05) is 25.1 Å². The second-order valence-electron chi connectivity index (χ2n) is 5.58. The lowest BCUT2D eigenvalue weighted by atomic mass is 10.2. The van der Waals surface area contributed by atoms with Crippen molar-refractivity contribution < 1.29 is 9.53 Å². The molecule has 0 unspecified atom stereocenters. The zero-order chi connectivity index (χ0) is 18.9. The fourth-order valence-electron chi connectivity index (χ4n) is 2.33. The van der Waals surface area contributed by atoms with Crippen LogP contribution in [0, 0.1) is 0 Å². The molecule has 0 spiro atoms. The molecule has 2 heterocycles. The van der Waals surface area contributed by atoms with Gasteiger partial charge in [0.15, 0.2) is 0 Å². The number of hydrogen-bond acceptors (Lipinski definition) is 6. The SMILES string of the molecule is COc1ccc(/C=N/NC(=O)c2cccnc2NCc2ccncc2)cc1. The van der Waals surface area contributed by atoms with Crippen LogP contribution in [0.5, 0.6) is 5.75 Å². The number of ether oxygens (including phenoxy) is 1. The Morgan fingerprint density at radius 1 is 1.11 bits per heavy atom. The van der Waals surface area contributed by atoms with Crippen LogP contribution in [0.4, 0.5) is 5.82 Å². The predicted octanol–water partition coefficient (Wildman–Crippen LogP) is 2.86. The Hall–Kier alpha value is -3.74. The minimum absolute atomic E-state index is 0.343. The fourth-order valence-corrected chi connectivity index (χ4v) is 2.33. The van der Waals surface area contributed by atoms with Crippen LogP contribution in [0.1, 0.15) is 21.5 Å². The van der Waals surface area contributed by atoms with E-state index in [9.17, 15) is 4.79 Å². The van der Waals surface area contributed by atoms with Crippen LogP contribution >= 0.6 is 0 Å². The van der Waals surface area contributed by atoms with E-state index in [1.807, 2.05) is 36.4 Å². The third kappa shape index (κ3) is 5.12. The molecule has 1 amide bonds. The van der Waals surface area contributed by atoms with Gasteiger partial charge in [-0.1, -0.05) is 0 Å². The molecule has 2 aromatic heterocycles. The zero-order valence-corrected chi connectivity index (χ0v) is 14.8. The monoisotopic (exact) mass is 361 g/mol. The van der Waals surface area contributed by atoms with E-state index in [2.05, 4.69) is 25.8 Å². The van der Waals surface area contributed by atoms with Gasteiger partial charge < -0.3 is 10.1 Å². The van der Waals surface area contributed by atoms with Gasteiger partial charge >= 0.3 is 0 Å². The lowest BCUT2D eigenvalue weighted by Crippen LogP contribution is -2.20. The highest BCUT2D eigenvalue weighted by molar-refractivity contribution is 5.99. The van der Waals surface area contributed by atoms with E-state index in [-0.39, 0.29) is 5.91 Å². The molecule has 0 aliphatic rings. The van der Waals surface area contributed by atoms with Crippen LogP contribution in [0.25, 0.3) is 0 Å². The Bertz CT molecular complexity index is 911. The van der Waals surface area contributed by atoms with Gasteiger partial charge in [0.2, 0.25) is 0 Å². The van der Waals surface area contributed by atoms with Crippen LogP contribution < -0.4 is 15.5 Å². The number of hydrogen-bond donors (Lipinski definition) is 2. The molecule has 7 heteroatoms. The normalized spacial score (nSPS) is 10.6. The second-order valence-corrected chi connectivity index (χ2v) is 5.58. The van der Waals surface area contributed by atoms with E-state index in [4.69, 9.17) is 4.74 Å². The summed E-state index contributed by atoms with van der Waals surface area (Å²) in [5.41, 5.74) is 4.83. The van der Waals surface area contributed by atoms with Crippen LogP contribution in [-0.4, -0.2) is 29.2 Å². The third-order valence-electron chi connectivity index (χ3n) is 3.76. The van der Waals surface area contributed by atoms with Crippen molar-refractivity contribution in [1.29, 1.82) is 0 Å². The summed E-state index contributed by atoms with van der Waals surface area (Å²) in [5, 5.41) is 7.17. The number of aromatic nitrogens is 2. The molecule has 27 heavy (non-hydrogen) atoms. The molecule has 7 nitrogen and oxygen atoms in total. The minimum Gasteiger partial charge on any atom is -0.497 e. The molecule has 0 saturated carbocycles. The quantitative estimate of drug-likeness (QED) is 0.499. The van der Waals surface area contributed by atoms with Crippen molar-refractivity contribution in [3.05, 3.63) is 83.8 Å². The van der Waals surface area contributed by atoms with Gasteiger partial charge in [-0.15, -0.1) is 0 Å². The second kappa shape index (κ2) is 9.10. The molecule has 0 aliphatic carbocycles. The number of nitrogens with one attached hydrogen (secondary N) is 2. The molecule has 0 radical (unpaired) electrons. The fraction of sp³-hybridized carbons (Fsp3) is 0.100. The summed E-state index contributed by atoms with van der Waals surface area (Å²) in [5.74, 6) is 0.910. The standard InChI is InChI=1S/C20H19N5O2/c1-27-17-6-4-15(5-7-17)14-24-25-20(26)18-3-2-10-22-19(18)23-13-16-8-11-21-12-9-16/h2-12,14H,13H2,1H3,(H,22,23)(H,25,26)/b24-14+. The van der Waals surface area contributed by atoms with E-state index in [1.165, 1.54) is 0 Å². The van der Waals surface area contributed by atoms with Gasteiger partial charge in [0.25, 0.3) is 5.91 Å². The highest BCUT2D eigenvalue weighted by atomic mass is 16.5. The summed E-state index contributed by atoms with van der Waals surface area (Å²) >= 11 is 0. The molecule has 136 valence electrons. The Balaban J connectivity index is 1.63. The molecule has 3 rings (SSSR count). The van der Waals surface area contributed by atoms with Crippen molar-refractivity contribution in [1.82, 2.24) is 15.4 Å². The number of nitrogens with zero attached hydrogens (tertiary/aromatic N) is 3. The maximum Gasteiger partial charge on any atom is 0.275 e. The highest BCUT2D eigenvalue weighted by Crippen LogP contribution is 2.13. The number of hydrazone groups is 1. The number of amides is 1. The largest absolute Gasteiger partial charge is 0.497 e. The molecule has 0 aliphatic heterocycles. The first kappa shape index (κ1) is 18.1. The molecule has 1 aromatic carbocycles. The molecule has 0 fully saturated rings. The van der Waals surface area contributed by atoms with Gasteiger partial charge in [-0.05, 0) is 59.7 Å². The third-order valence-corrected chi connectivity index (χ3v) is 3.76. The molecule has 3 aromatic rings. The van der Waals surface area contributed by atoms with Crippen molar-refractivity contribution >= 4 is 17.9 Å². The van der Waals surface area contributed by atoms with Gasteiger partial charge in [0.1, 0.15) is 11.6 Å². The maximum atomic E-state index is 12.4. The van der Waals surface area contributed by atoms with E-state index in [1.54, 1.807) is 44.0 Å². The topological polar surface area (TPSA) is 88.5 Å². The van der Waals surface area contributed by atoms with E-state index in [0.29, 0.717) is 17.9 Å². The van der Waals surface area contributed by atoms with E-state index < -0.39 is 0 Å². The Kier molecular flexibility index (Phi) is 6.08. The summed E-state index contributed by atoms with van der Waals surface area (Å²) in [4.78, 5) is 20.7. The smallest absolute Gasteiger partial charge is 0.275 e. The molecule has 0 saturated heterocycles. The highest BCUT2D eigenvalue weighted by Gasteiger charge is 2.11. The van der Waals surface area contributed by atoms with Gasteiger partial charge in [-0.3, -0.25) is 9.78 Å². The number of pyridine rings is 2. The first-order valence-corrected chi connectivity index (χ1v) is 8.31. The number of rotatable bonds is 7. The van der Waals surface area contributed by atoms with Gasteiger partial charge in [-0.2, -0.15) is 5.10 Å². The molecule has 2 N–H and O–H groups in total. The predicted molar refractivity (Wildman–Crippen MR) is 104 cm³/mol. The average molecular weight is 361 g/mol. The van der Waals surface area contributed by atoms with Crippen LogP contribution in [0.3, 0.4) is 0 Å². The number of benzene rings is 1. The number of carbonyl (C=O) groups excluding carboxylic acids is 1. The first-order valence-electron chi connectivity index (χ1n) is 8.31. The van der Waals surface area contributed by atoms with Crippen LogP contribution in [-0.2, 0) is 6.54 Å². The molecular weight excluding hydrogens is 342 g/mol. The van der Waals surface area contributed by atoms with Gasteiger partial charge in [0.05, 0.1) is 18.9 Å². The van der Waals surface area contributed by atoms with Gasteiger partial charge in [-0.25, -0.2) is 10.4 Å². The van der Waals surface area contributed by atoms with Crippen molar-refractivity contribution in [3.8, 4) is 5.75 Å².